The highest BCUT2D eigenvalue weighted by molar-refractivity contribution is 5.76. The van der Waals surface area contributed by atoms with Gasteiger partial charge in [0.25, 0.3) is 0 Å². The molecule has 0 aliphatic heterocycles. The van der Waals surface area contributed by atoms with Gasteiger partial charge in [0.15, 0.2) is 0 Å². The number of hydrogen-bond donors (Lipinski definition) is 3. The van der Waals surface area contributed by atoms with Crippen molar-refractivity contribution in [2.75, 3.05) is 13.7 Å². The van der Waals surface area contributed by atoms with Crippen LogP contribution in [0.1, 0.15) is 28.6 Å². The number of aromatic nitrogens is 2. The van der Waals surface area contributed by atoms with E-state index in [0.717, 1.165) is 34.6 Å². The molecule has 1 atom stereocenters. The molecule has 1 heterocycles. The topological polar surface area (TPSA) is 79.0 Å². The second kappa shape index (κ2) is 10.0. The summed E-state index contributed by atoms with van der Waals surface area (Å²) in [6.45, 7) is 2.65. The second-order valence-electron chi connectivity index (χ2n) is 7.82. The van der Waals surface area contributed by atoms with Gasteiger partial charge in [0.1, 0.15) is 11.6 Å². The first kappa shape index (κ1) is 21.4. The third-order valence-electron chi connectivity index (χ3n) is 5.58. The van der Waals surface area contributed by atoms with E-state index in [-0.39, 0.29) is 12.1 Å². The number of fused-ring (bicyclic) bond motifs is 1. The fourth-order valence-electron chi connectivity index (χ4n) is 3.76. The number of urea groups is 1. The number of hydrogen-bond acceptors (Lipinski definition) is 3. The molecular formula is C26H28N4O2. The van der Waals surface area contributed by atoms with E-state index in [0.29, 0.717) is 13.0 Å². The van der Waals surface area contributed by atoms with E-state index in [1.165, 1.54) is 11.1 Å². The first-order valence-corrected chi connectivity index (χ1v) is 10.8. The van der Waals surface area contributed by atoms with Gasteiger partial charge in [-0.3, -0.25) is 0 Å². The summed E-state index contributed by atoms with van der Waals surface area (Å²) < 4.78 is 5.25. The fourth-order valence-corrected chi connectivity index (χ4v) is 3.76. The van der Waals surface area contributed by atoms with Crippen molar-refractivity contribution >= 4 is 17.1 Å². The number of ether oxygens (including phenoxy) is 1. The molecule has 0 spiro atoms. The van der Waals surface area contributed by atoms with Gasteiger partial charge in [-0.1, -0.05) is 48.5 Å². The summed E-state index contributed by atoms with van der Waals surface area (Å²) in [6.07, 6.45) is 1.39. The van der Waals surface area contributed by atoms with Crippen LogP contribution in [0.2, 0.25) is 0 Å². The van der Waals surface area contributed by atoms with Crippen molar-refractivity contribution < 1.29 is 9.53 Å². The minimum absolute atomic E-state index is 0.211. The minimum atomic E-state index is -0.297. The van der Waals surface area contributed by atoms with E-state index < -0.39 is 0 Å². The molecule has 0 saturated carbocycles. The zero-order valence-corrected chi connectivity index (χ0v) is 18.4. The molecule has 3 N–H and O–H groups in total. The quantitative estimate of drug-likeness (QED) is 0.380. The molecule has 6 heteroatoms. The van der Waals surface area contributed by atoms with Gasteiger partial charge >= 0.3 is 6.03 Å². The van der Waals surface area contributed by atoms with Gasteiger partial charge in [-0.05, 0) is 60.7 Å². The maximum Gasteiger partial charge on any atom is 0.315 e. The number of H-pyrrole nitrogens is 1. The summed E-state index contributed by atoms with van der Waals surface area (Å²) in [5.41, 5.74) is 5.37. The average molecular weight is 429 g/mol. The van der Waals surface area contributed by atoms with Gasteiger partial charge in [0, 0.05) is 6.54 Å². The Balaban J connectivity index is 1.46. The number of imidazole rings is 1. The zero-order valence-electron chi connectivity index (χ0n) is 18.4. The van der Waals surface area contributed by atoms with Gasteiger partial charge in [-0.25, -0.2) is 9.78 Å². The Bertz CT molecular complexity index is 1150. The summed E-state index contributed by atoms with van der Waals surface area (Å²) in [4.78, 5) is 20.8. The normalized spacial score (nSPS) is 11.8. The van der Waals surface area contributed by atoms with Crippen LogP contribution in [0.4, 0.5) is 4.79 Å². The Labute approximate surface area is 188 Å². The molecule has 4 aromatic rings. The van der Waals surface area contributed by atoms with Crippen LogP contribution >= 0.6 is 0 Å². The number of nitrogens with zero attached hydrogens (tertiary/aromatic N) is 1. The molecule has 0 bridgehead atoms. The highest BCUT2D eigenvalue weighted by atomic mass is 16.5. The Morgan fingerprint density at radius 3 is 2.53 bits per heavy atom. The Morgan fingerprint density at radius 1 is 1.03 bits per heavy atom. The van der Waals surface area contributed by atoms with Gasteiger partial charge < -0.3 is 20.4 Å². The molecule has 2 amide bonds. The molecule has 4 rings (SSSR count). The summed E-state index contributed by atoms with van der Waals surface area (Å²) in [6, 6.07) is 23.4. The zero-order chi connectivity index (χ0) is 22.3. The lowest BCUT2D eigenvalue weighted by Gasteiger charge is -2.18. The predicted molar refractivity (Wildman–Crippen MR) is 127 cm³/mol. The summed E-state index contributed by atoms with van der Waals surface area (Å²) >= 11 is 0. The Kier molecular flexibility index (Phi) is 6.70. The summed E-state index contributed by atoms with van der Waals surface area (Å²) in [5, 5.41) is 6.08. The Morgan fingerprint density at radius 2 is 1.78 bits per heavy atom. The van der Waals surface area contributed by atoms with Crippen molar-refractivity contribution in [1.82, 2.24) is 20.6 Å². The second-order valence-corrected chi connectivity index (χ2v) is 7.82. The number of aromatic amines is 1. The number of benzene rings is 3. The van der Waals surface area contributed by atoms with Gasteiger partial charge in [-0.15, -0.1) is 0 Å². The average Bonchev–Trinajstić information content (AvgIpc) is 3.25. The summed E-state index contributed by atoms with van der Waals surface area (Å²) in [7, 11) is 1.65. The van der Waals surface area contributed by atoms with Crippen LogP contribution in [0.25, 0.3) is 11.0 Å². The maximum absolute atomic E-state index is 12.7. The number of methoxy groups -OCH3 is 1. The molecule has 1 aromatic heterocycles. The third kappa shape index (κ3) is 5.27. The number of amides is 2. The van der Waals surface area contributed by atoms with Crippen molar-refractivity contribution in [3.05, 3.63) is 95.3 Å². The van der Waals surface area contributed by atoms with E-state index in [2.05, 4.69) is 34.7 Å². The van der Waals surface area contributed by atoms with Crippen molar-refractivity contribution in [1.29, 1.82) is 0 Å². The van der Waals surface area contributed by atoms with Crippen LogP contribution in [0.3, 0.4) is 0 Å². The molecule has 6 nitrogen and oxygen atoms in total. The van der Waals surface area contributed by atoms with Crippen molar-refractivity contribution in [2.45, 2.75) is 25.8 Å². The standard InChI is InChI=1S/C26H28N4O2/c1-18-7-3-4-8-20(18)15-16-27-26(31)30-24(17-19-11-13-21(32-2)14-12-19)25-28-22-9-5-6-10-23(22)29-25/h3-14,24H,15-17H2,1-2H3,(H,28,29)(H2,27,30,31)/t24-/m1/s1. The highest BCUT2D eigenvalue weighted by Gasteiger charge is 2.19. The number of carbonyl (C=O) groups excluding carboxylic acids is 1. The maximum atomic E-state index is 12.7. The molecular weight excluding hydrogens is 400 g/mol. The van der Waals surface area contributed by atoms with Gasteiger partial charge in [0.2, 0.25) is 0 Å². The van der Waals surface area contributed by atoms with Gasteiger partial charge in [-0.2, -0.15) is 0 Å². The molecule has 0 fully saturated rings. The van der Waals surface area contributed by atoms with E-state index >= 15 is 0 Å². The largest absolute Gasteiger partial charge is 0.497 e. The number of aryl methyl sites for hydroxylation is 1. The first-order chi connectivity index (χ1) is 15.6. The molecule has 0 aliphatic carbocycles. The van der Waals surface area contributed by atoms with E-state index in [1.54, 1.807) is 7.11 Å². The molecule has 0 aliphatic rings. The number of rotatable bonds is 8. The fraction of sp³-hybridized carbons (Fsp3) is 0.231. The van der Waals surface area contributed by atoms with Crippen LogP contribution < -0.4 is 15.4 Å². The predicted octanol–water partition coefficient (Wildman–Crippen LogP) is 4.71. The van der Waals surface area contributed by atoms with Crippen molar-refractivity contribution in [3.8, 4) is 5.75 Å². The lowest BCUT2D eigenvalue weighted by Crippen LogP contribution is -2.40. The number of nitrogens with one attached hydrogen (secondary N) is 3. The Hall–Kier alpha value is -3.80. The van der Waals surface area contributed by atoms with Crippen LogP contribution in [-0.4, -0.2) is 29.7 Å². The first-order valence-electron chi connectivity index (χ1n) is 10.8. The van der Waals surface area contributed by atoms with Crippen LogP contribution in [0.5, 0.6) is 5.75 Å². The summed E-state index contributed by atoms with van der Waals surface area (Å²) in [5.74, 6) is 1.53. The number of para-hydroxylation sites is 2. The SMILES string of the molecule is COc1ccc(C[C@@H](NC(=O)NCCc2ccccc2C)c2nc3ccccc3[nH]2)cc1. The van der Waals surface area contributed by atoms with Crippen LogP contribution in [-0.2, 0) is 12.8 Å². The monoisotopic (exact) mass is 428 g/mol. The van der Waals surface area contributed by atoms with Gasteiger partial charge in [0.05, 0.1) is 24.2 Å². The van der Waals surface area contributed by atoms with E-state index in [1.807, 2.05) is 60.7 Å². The molecule has 3 aromatic carbocycles. The van der Waals surface area contributed by atoms with Crippen LogP contribution in [0, 0.1) is 6.92 Å². The molecule has 32 heavy (non-hydrogen) atoms. The third-order valence-corrected chi connectivity index (χ3v) is 5.58. The van der Waals surface area contributed by atoms with Crippen LogP contribution in [0.15, 0.2) is 72.8 Å². The highest BCUT2D eigenvalue weighted by Crippen LogP contribution is 2.21. The molecule has 0 saturated heterocycles. The lowest BCUT2D eigenvalue weighted by atomic mass is 10.1. The van der Waals surface area contributed by atoms with Crippen molar-refractivity contribution in [2.24, 2.45) is 0 Å². The number of carbonyl (C=O) groups is 1. The van der Waals surface area contributed by atoms with Crippen molar-refractivity contribution in [3.63, 3.8) is 0 Å². The van der Waals surface area contributed by atoms with E-state index in [9.17, 15) is 4.79 Å². The minimum Gasteiger partial charge on any atom is -0.497 e. The smallest absolute Gasteiger partial charge is 0.315 e. The lowest BCUT2D eigenvalue weighted by molar-refractivity contribution is 0.236. The molecule has 0 unspecified atom stereocenters. The molecule has 0 radical (unpaired) electrons. The molecule has 164 valence electrons. The van der Waals surface area contributed by atoms with E-state index in [4.69, 9.17) is 9.72 Å².